The van der Waals surface area contributed by atoms with Crippen molar-refractivity contribution in [2.24, 2.45) is 0 Å². The number of nitrogens with one attached hydrogen (secondary N) is 2. The molecule has 0 radical (unpaired) electrons. The Hall–Kier alpha value is -3.30. The van der Waals surface area contributed by atoms with Crippen molar-refractivity contribution >= 4 is 23.8 Å². The number of carbonyl (C=O) groups is 2. The van der Waals surface area contributed by atoms with Gasteiger partial charge in [-0.05, 0) is 31.4 Å². The summed E-state index contributed by atoms with van der Waals surface area (Å²) >= 11 is 1.81. The van der Waals surface area contributed by atoms with Crippen LogP contribution < -0.4 is 10.6 Å². The summed E-state index contributed by atoms with van der Waals surface area (Å²) in [5.41, 5.74) is 2.13. The first-order valence-electron chi connectivity index (χ1n) is 13.4. The van der Waals surface area contributed by atoms with Gasteiger partial charge in [-0.2, -0.15) is 0 Å². The zero-order valence-corrected chi connectivity index (χ0v) is 22.3. The molecule has 8 nitrogen and oxygen atoms in total. The fourth-order valence-electron chi connectivity index (χ4n) is 5.67. The smallest absolute Gasteiger partial charge is 0.404 e. The SMILES string of the molecule is O=C(O)N[C@H]1CCCC[C@@H]1n1cnc(C(=O)N2CCNC[C@H]2CCSc2ccccc2)c1-c1ccccc1. The number of benzene rings is 2. The molecule has 2 aromatic carbocycles. The monoisotopic (exact) mass is 533 g/mol. The average Bonchev–Trinajstić information content (AvgIpc) is 3.39. The first-order chi connectivity index (χ1) is 18.6. The van der Waals surface area contributed by atoms with Crippen molar-refractivity contribution in [1.29, 1.82) is 0 Å². The van der Waals surface area contributed by atoms with Crippen molar-refractivity contribution in [1.82, 2.24) is 25.1 Å². The predicted octanol–water partition coefficient (Wildman–Crippen LogP) is 4.90. The highest BCUT2D eigenvalue weighted by atomic mass is 32.2. The summed E-state index contributed by atoms with van der Waals surface area (Å²) in [6.45, 7) is 2.14. The van der Waals surface area contributed by atoms with E-state index in [4.69, 9.17) is 0 Å². The van der Waals surface area contributed by atoms with Crippen LogP contribution in [0.15, 0.2) is 71.9 Å². The van der Waals surface area contributed by atoms with E-state index in [1.165, 1.54) is 4.90 Å². The van der Waals surface area contributed by atoms with E-state index >= 15 is 0 Å². The Balaban J connectivity index is 1.42. The van der Waals surface area contributed by atoms with E-state index in [9.17, 15) is 14.7 Å². The number of aromatic nitrogens is 2. The number of piperazine rings is 1. The second kappa shape index (κ2) is 12.5. The molecule has 1 aromatic heterocycles. The molecular weight excluding hydrogens is 498 g/mol. The molecule has 9 heteroatoms. The predicted molar refractivity (Wildman–Crippen MR) is 150 cm³/mol. The molecule has 2 heterocycles. The number of imidazole rings is 1. The van der Waals surface area contributed by atoms with E-state index in [1.807, 2.05) is 69.8 Å². The van der Waals surface area contributed by atoms with Gasteiger partial charge in [0.2, 0.25) is 0 Å². The van der Waals surface area contributed by atoms with Crippen molar-refractivity contribution < 1.29 is 14.7 Å². The van der Waals surface area contributed by atoms with Crippen LogP contribution in [0.5, 0.6) is 0 Å². The molecule has 1 saturated heterocycles. The van der Waals surface area contributed by atoms with E-state index < -0.39 is 6.09 Å². The van der Waals surface area contributed by atoms with Crippen molar-refractivity contribution in [2.75, 3.05) is 25.4 Å². The lowest BCUT2D eigenvalue weighted by atomic mass is 9.89. The van der Waals surface area contributed by atoms with Gasteiger partial charge in [0, 0.05) is 41.9 Å². The first kappa shape index (κ1) is 26.3. The van der Waals surface area contributed by atoms with Gasteiger partial charge in [0.15, 0.2) is 5.69 Å². The summed E-state index contributed by atoms with van der Waals surface area (Å²) in [5, 5.41) is 15.6. The van der Waals surface area contributed by atoms with Crippen molar-refractivity contribution in [3.8, 4) is 11.3 Å². The maximum atomic E-state index is 14.1. The van der Waals surface area contributed by atoms with Gasteiger partial charge in [-0.15, -0.1) is 11.8 Å². The maximum absolute atomic E-state index is 14.1. The molecule has 0 spiro atoms. The minimum absolute atomic E-state index is 0.0580. The number of hydrogen-bond donors (Lipinski definition) is 3. The Labute approximate surface area is 227 Å². The van der Waals surface area contributed by atoms with Gasteiger partial charge < -0.3 is 25.2 Å². The quantitative estimate of drug-likeness (QED) is 0.356. The van der Waals surface area contributed by atoms with Crippen molar-refractivity contribution in [3.05, 3.63) is 72.7 Å². The third-order valence-corrected chi connectivity index (χ3v) is 8.56. The molecule has 2 aliphatic rings. The lowest BCUT2D eigenvalue weighted by Gasteiger charge is -2.36. The first-order valence-corrected chi connectivity index (χ1v) is 14.4. The minimum atomic E-state index is -1.02. The number of thioether (sulfide) groups is 1. The van der Waals surface area contributed by atoms with E-state index in [0.29, 0.717) is 12.2 Å². The fraction of sp³-hybridized carbons (Fsp3) is 0.414. The zero-order valence-electron chi connectivity index (χ0n) is 21.5. The van der Waals surface area contributed by atoms with Crippen LogP contribution in [0.25, 0.3) is 11.3 Å². The molecule has 1 aliphatic heterocycles. The van der Waals surface area contributed by atoms with Gasteiger partial charge in [-0.1, -0.05) is 61.4 Å². The van der Waals surface area contributed by atoms with Crippen LogP contribution in [0.2, 0.25) is 0 Å². The van der Waals surface area contributed by atoms with Crippen LogP contribution in [0.4, 0.5) is 4.79 Å². The third-order valence-electron chi connectivity index (χ3n) is 7.51. The Morgan fingerprint density at radius 2 is 1.79 bits per heavy atom. The molecule has 0 unspecified atom stereocenters. The lowest BCUT2D eigenvalue weighted by Crippen LogP contribution is -2.54. The van der Waals surface area contributed by atoms with Gasteiger partial charge in [0.05, 0.1) is 24.1 Å². The van der Waals surface area contributed by atoms with Crippen molar-refractivity contribution in [2.45, 2.75) is 55.1 Å². The highest BCUT2D eigenvalue weighted by molar-refractivity contribution is 7.99. The van der Waals surface area contributed by atoms with Gasteiger partial charge in [-0.25, -0.2) is 9.78 Å². The number of amides is 2. The summed E-state index contributed by atoms with van der Waals surface area (Å²) in [6.07, 6.45) is 5.20. The zero-order chi connectivity index (χ0) is 26.3. The topological polar surface area (TPSA) is 99.5 Å². The molecule has 3 atom stereocenters. The molecule has 3 aromatic rings. The highest BCUT2D eigenvalue weighted by Gasteiger charge is 2.35. The minimum Gasteiger partial charge on any atom is -0.465 e. The van der Waals surface area contributed by atoms with Gasteiger partial charge >= 0.3 is 6.09 Å². The lowest BCUT2D eigenvalue weighted by molar-refractivity contribution is 0.0627. The van der Waals surface area contributed by atoms with Crippen LogP contribution >= 0.6 is 11.8 Å². The second-order valence-corrected chi connectivity index (χ2v) is 11.1. The highest BCUT2D eigenvalue weighted by Crippen LogP contribution is 2.35. The van der Waals surface area contributed by atoms with E-state index in [-0.39, 0.29) is 24.0 Å². The molecule has 1 saturated carbocycles. The standard InChI is InChI=1S/C29H35N5O3S/c35-28(33-17-16-30-19-22(33)15-18-38-23-11-5-2-6-12-23)26-27(21-9-3-1-4-10-21)34(20-31-26)25-14-8-7-13-24(25)32-29(36)37/h1-6,9-12,20,22,24-25,30,32H,7-8,13-19H2,(H,36,37)/t22-,24+,25+/m1/s1. The number of rotatable bonds is 8. The van der Waals surface area contributed by atoms with E-state index in [0.717, 1.165) is 62.2 Å². The summed E-state index contributed by atoms with van der Waals surface area (Å²) in [5.74, 6) is 0.863. The molecule has 0 bridgehead atoms. The molecule has 38 heavy (non-hydrogen) atoms. The number of hydrogen-bond acceptors (Lipinski definition) is 5. The van der Waals surface area contributed by atoms with Gasteiger partial charge in [0.1, 0.15) is 0 Å². The Kier molecular flexibility index (Phi) is 8.65. The Morgan fingerprint density at radius 3 is 2.55 bits per heavy atom. The number of carboxylic acid groups (broad SMARTS) is 1. The van der Waals surface area contributed by atoms with E-state index in [2.05, 4.69) is 27.8 Å². The fourth-order valence-corrected chi connectivity index (χ4v) is 6.65. The largest absolute Gasteiger partial charge is 0.465 e. The van der Waals surface area contributed by atoms with E-state index in [1.54, 1.807) is 6.33 Å². The summed E-state index contributed by atoms with van der Waals surface area (Å²) < 4.78 is 2.05. The van der Waals surface area contributed by atoms with Gasteiger partial charge in [-0.3, -0.25) is 4.79 Å². The molecule has 3 N–H and O–H groups in total. The van der Waals surface area contributed by atoms with Crippen LogP contribution in [0, 0.1) is 0 Å². The summed E-state index contributed by atoms with van der Waals surface area (Å²) in [4.78, 5) is 33.5. The summed E-state index contributed by atoms with van der Waals surface area (Å²) in [6, 6.07) is 20.0. The molecule has 1 aliphatic carbocycles. The number of carbonyl (C=O) groups excluding carboxylic acids is 1. The van der Waals surface area contributed by atoms with Crippen molar-refractivity contribution in [3.63, 3.8) is 0 Å². The summed E-state index contributed by atoms with van der Waals surface area (Å²) in [7, 11) is 0. The Morgan fingerprint density at radius 1 is 1.05 bits per heavy atom. The van der Waals surface area contributed by atoms with Crippen LogP contribution in [-0.2, 0) is 0 Å². The van der Waals surface area contributed by atoms with Crippen LogP contribution in [0.1, 0.15) is 48.6 Å². The molecule has 200 valence electrons. The van der Waals surface area contributed by atoms with Crippen LogP contribution in [0.3, 0.4) is 0 Å². The maximum Gasteiger partial charge on any atom is 0.404 e. The molecule has 2 amide bonds. The average molecular weight is 534 g/mol. The molecular formula is C29H35N5O3S. The normalized spacial score (nSPS) is 21.7. The molecule has 2 fully saturated rings. The van der Waals surface area contributed by atoms with Gasteiger partial charge in [0.25, 0.3) is 5.91 Å². The second-order valence-electron chi connectivity index (χ2n) is 9.93. The molecule has 5 rings (SSSR count). The Bertz CT molecular complexity index is 1220. The third kappa shape index (κ3) is 6.05. The number of nitrogens with zero attached hydrogens (tertiary/aromatic N) is 3. The van der Waals surface area contributed by atoms with Crippen LogP contribution in [-0.4, -0.2) is 69.0 Å².